The van der Waals surface area contributed by atoms with E-state index in [1.807, 2.05) is 24.5 Å². The number of pyridine rings is 1. The van der Waals surface area contributed by atoms with Gasteiger partial charge in [-0.1, -0.05) is 31.2 Å². The zero-order valence-corrected chi connectivity index (χ0v) is 19.2. The predicted molar refractivity (Wildman–Crippen MR) is 137 cm³/mol. The van der Waals surface area contributed by atoms with Gasteiger partial charge >= 0.3 is 6.03 Å². The number of para-hydroxylation sites is 2. The Hall–Kier alpha value is -4.00. The first-order valence-corrected chi connectivity index (χ1v) is 11.8. The Bertz CT molecular complexity index is 1320. The number of rotatable bonds is 5. The fourth-order valence-electron chi connectivity index (χ4n) is 4.85. The number of fused-ring (bicyclic) bond motifs is 1. The standard InChI is InChI=1S/C27H29N5O2/c1-2-18-16-29-26-22(12-13-28-26)25(18)32-14-6-8-20(17-32)19-7-5-9-21(15-19)30-27(34)31-23-10-3-4-11-24(23)33/h3-5,7,9-13,15-16,20,33H,2,6,8,14,17H2,1H3,(H,28,29)(H2,30,31,34). The number of aromatic amines is 1. The second kappa shape index (κ2) is 9.47. The topological polar surface area (TPSA) is 93.3 Å². The first-order valence-electron chi connectivity index (χ1n) is 11.8. The molecule has 1 saturated heterocycles. The molecule has 1 fully saturated rings. The molecule has 0 aliphatic carbocycles. The van der Waals surface area contributed by atoms with E-state index in [1.165, 1.54) is 22.2 Å². The number of aromatic nitrogens is 2. The van der Waals surface area contributed by atoms with Crippen molar-refractivity contribution in [2.45, 2.75) is 32.1 Å². The van der Waals surface area contributed by atoms with Crippen molar-refractivity contribution in [1.82, 2.24) is 9.97 Å². The van der Waals surface area contributed by atoms with E-state index in [0.717, 1.165) is 43.7 Å². The summed E-state index contributed by atoms with van der Waals surface area (Å²) < 4.78 is 0. The van der Waals surface area contributed by atoms with Gasteiger partial charge < -0.3 is 25.6 Å². The number of hydrogen-bond donors (Lipinski definition) is 4. The molecule has 1 unspecified atom stereocenters. The first kappa shape index (κ1) is 21.8. The molecule has 4 aromatic rings. The number of piperidine rings is 1. The number of carbonyl (C=O) groups is 1. The smallest absolute Gasteiger partial charge is 0.323 e. The lowest BCUT2D eigenvalue weighted by atomic mass is 9.89. The summed E-state index contributed by atoms with van der Waals surface area (Å²) in [4.78, 5) is 22.8. The number of carbonyl (C=O) groups excluding carboxylic acids is 1. The van der Waals surface area contributed by atoms with Crippen molar-refractivity contribution in [2.24, 2.45) is 0 Å². The molecule has 7 nitrogen and oxygen atoms in total. The molecule has 2 aromatic carbocycles. The van der Waals surface area contributed by atoms with Crippen LogP contribution in [-0.4, -0.2) is 34.2 Å². The van der Waals surface area contributed by atoms with Gasteiger partial charge in [0.2, 0.25) is 0 Å². The molecule has 0 spiro atoms. The van der Waals surface area contributed by atoms with Crippen molar-refractivity contribution in [2.75, 3.05) is 28.6 Å². The molecule has 1 aliphatic rings. The Morgan fingerprint density at radius 1 is 1.18 bits per heavy atom. The lowest BCUT2D eigenvalue weighted by Gasteiger charge is -2.36. The number of phenols is 1. The van der Waals surface area contributed by atoms with Crippen molar-refractivity contribution >= 4 is 34.1 Å². The minimum atomic E-state index is -0.386. The van der Waals surface area contributed by atoms with E-state index in [-0.39, 0.29) is 11.8 Å². The van der Waals surface area contributed by atoms with Crippen LogP contribution >= 0.6 is 0 Å². The molecule has 0 radical (unpaired) electrons. The average molecular weight is 456 g/mol. The molecule has 1 atom stereocenters. The van der Waals surface area contributed by atoms with E-state index in [1.54, 1.807) is 24.3 Å². The van der Waals surface area contributed by atoms with Gasteiger partial charge in [0, 0.05) is 42.5 Å². The van der Waals surface area contributed by atoms with Gasteiger partial charge in [-0.2, -0.15) is 0 Å². The van der Waals surface area contributed by atoms with Crippen LogP contribution in [0.15, 0.2) is 67.0 Å². The van der Waals surface area contributed by atoms with Gasteiger partial charge in [-0.3, -0.25) is 0 Å². The SMILES string of the molecule is CCc1cnc2[nH]ccc2c1N1CCCC(c2cccc(NC(=O)Nc3ccccc3O)c2)C1. The van der Waals surface area contributed by atoms with Crippen LogP contribution in [0.2, 0.25) is 0 Å². The zero-order chi connectivity index (χ0) is 23.5. The van der Waals surface area contributed by atoms with Gasteiger partial charge in [-0.05, 0) is 60.7 Å². The van der Waals surface area contributed by atoms with Crippen LogP contribution < -0.4 is 15.5 Å². The largest absolute Gasteiger partial charge is 0.506 e. The third-order valence-corrected chi connectivity index (χ3v) is 6.52. The van der Waals surface area contributed by atoms with E-state index in [9.17, 15) is 9.90 Å². The molecule has 7 heteroatoms. The van der Waals surface area contributed by atoms with Crippen LogP contribution in [0.5, 0.6) is 5.75 Å². The summed E-state index contributed by atoms with van der Waals surface area (Å²) in [6.07, 6.45) is 7.10. The number of hydrogen-bond acceptors (Lipinski definition) is 4. The molecule has 3 heterocycles. The third-order valence-electron chi connectivity index (χ3n) is 6.52. The monoisotopic (exact) mass is 455 g/mol. The molecular formula is C27H29N5O2. The summed E-state index contributed by atoms with van der Waals surface area (Å²) in [5, 5.41) is 16.7. The highest BCUT2D eigenvalue weighted by Crippen LogP contribution is 2.36. The lowest BCUT2D eigenvalue weighted by molar-refractivity contribution is 0.262. The number of nitrogens with one attached hydrogen (secondary N) is 3. The molecule has 2 amide bonds. The molecule has 2 aromatic heterocycles. The maximum Gasteiger partial charge on any atom is 0.323 e. The van der Waals surface area contributed by atoms with Gasteiger partial charge in [0.15, 0.2) is 0 Å². The number of aromatic hydroxyl groups is 1. The van der Waals surface area contributed by atoms with Gasteiger partial charge in [0.1, 0.15) is 11.4 Å². The van der Waals surface area contributed by atoms with Gasteiger partial charge in [-0.25, -0.2) is 9.78 Å². The van der Waals surface area contributed by atoms with Crippen LogP contribution in [0.3, 0.4) is 0 Å². The van der Waals surface area contributed by atoms with Crippen molar-refractivity contribution in [1.29, 1.82) is 0 Å². The summed E-state index contributed by atoms with van der Waals surface area (Å²) >= 11 is 0. The van der Waals surface area contributed by atoms with E-state index in [4.69, 9.17) is 0 Å². The molecule has 1 aliphatic heterocycles. The van der Waals surface area contributed by atoms with Gasteiger partial charge in [-0.15, -0.1) is 0 Å². The number of anilines is 3. The fourth-order valence-corrected chi connectivity index (χ4v) is 4.85. The van der Waals surface area contributed by atoms with E-state index < -0.39 is 0 Å². The number of phenolic OH excluding ortho intramolecular Hbond substituents is 1. The molecule has 0 saturated carbocycles. The van der Waals surface area contributed by atoms with Crippen LogP contribution in [0.4, 0.5) is 21.9 Å². The highest BCUT2D eigenvalue weighted by Gasteiger charge is 2.25. The van der Waals surface area contributed by atoms with E-state index >= 15 is 0 Å². The highest BCUT2D eigenvalue weighted by molar-refractivity contribution is 6.00. The van der Waals surface area contributed by atoms with Crippen molar-refractivity contribution in [3.63, 3.8) is 0 Å². The summed E-state index contributed by atoms with van der Waals surface area (Å²) in [5.74, 6) is 0.399. The number of urea groups is 1. The quantitative estimate of drug-likeness (QED) is 0.284. The second-order valence-electron chi connectivity index (χ2n) is 8.73. The third kappa shape index (κ3) is 4.41. The summed E-state index contributed by atoms with van der Waals surface area (Å²) in [7, 11) is 0. The molecule has 0 bridgehead atoms. The molecule has 174 valence electrons. The summed E-state index contributed by atoms with van der Waals surface area (Å²) in [5.41, 5.74) is 5.80. The zero-order valence-electron chi connectivity index (χ0n) is 19.2. The van der Waals surface area contributed by atoms with Gasteiger partial charge in [0.05, 0.1) is 11.4 Å². The minimum Gasteiger partial charge on any atom is -0.506 e. The highest BCUT2D eigenvalue weighted by atomic mass is 16.3. The van der Waals surface area contributed by atoms with Gasteiger partial charge in [0.25, 0.3) is 0 Å². The first-order chi connectivity index (χ1) is 16.6. The maximum atomic E-state index is 12.5. The van der Waals surface area contributed by atoms with E-state index in [2.05, 4.69) is 50.6 Å². The number of H-pyrrole nitrogens is 1. The van der Waals surface area contributed by atoms with E-state index in [0.29, 0.717) is 11.6 Å². The Balaban J connectivity index is 1.33. The van der Waals surface area contributed by atoms with Crippen LogP contribution in [0.1, 0.15) is 36.8 Å². The van der Waals surface area contributed by atoms with Crippen LogP contribution in [0.25, 0.3) is 11.0 Å². The fraction of sp³-hybridized carbons (Fsp3) is 0.259. The van der Waals surface area contributed by atoms with Crippen molar-refractivity contribution in [3.05, 3.63) is 78.1 Å². The minimum absolute atomic E-state index is 0.0350. The van der Waals surface area contributed by atoms with Crippen molar-refractivity contribution < 1.29 is 9.90 Å². The molecular weight excluding hydrogens is 426 g/mol. The Morgan fingerprint density at radius 2 is 2.06 bits per heavy atom. The number of nitrogens with zero attached hydrogens (tertiary/aromatic N) is 2. The predicted octanol–water partition coefficient (Wildman–Crippen LogP) is 5.86. The van der Waals surface area contributed by atoms with Crippen LogP contribution in [-0.2, 0) is 6.42 Å². The normalized spacial score (nSPS) is 15.9. The molecule has 5 rings (SSSR count). The molecule has 34 heavy (non-hydrogen) atoms. The maximum absolute atomic E-state index is 12.5. The number of benzene rings is 2. The number of aryl methyl sites for hydroxylation is 1. The second-order valence-corrected chi connectivity index (χ2v) is 8.73. The summed E-state index contributed by atoms with van der Waals surface area (Å²) in [6, 6.07) is 16.5. The lowest BCUT2D eigenvalue weighted by Crippen LogP contribution is -2.35. The average Bonchev–Trinajstić information content (AvgIpc) is 3.34. The van der Waals surface area contributed by atoms with Crippen LogP contribution in [0, 0.1) is 0 Å². The Kier molecular flexibility index (Phi) is 6.08. The Morgan fingerprint density at radius 3 is 2.91 bits per heavy atom. The Labute approximate surface area is 198 Å². The summed E-state index contributed by atoms with van der Waals surface area (Å²) in [6.45, 7) is 4.12. The molecule has 4 N–H and O–H groups in total. The van der Waals surface area contributed by atoms with Crippen molar-refractivity contribution in [3.8, 4) is 5.75 Å². The number of amides is 2.